The van der Waals surface area contributed by atoms with E-state index in [1.807, 2.05) is 46.8 Å². The number of H-pyrrole nitrogens is 1. The lowest BCUT2D eigenvalue weighted by Gasteiger charge is -2.32. The van der Waals surface area contributed by atoms with Gasteiger partial charge in [-0.3, -0.25) is 9.52 Å². The van der Waals surface area contributed by atoms with Crippen molar-refractivity contribution in [3.8, 4) is 6.07 Å². The number of hydrogen-bond donors (Lipinski definition) is 3. The van der Waals surface area contributed by atoms with Gasteiger partial charge in [0.15, 0.2) is 0 Å². The molecule has 0 bridgehead atoms. The molecular weight excluding hydrogens is 539 g/mol. The molecule has 4 aromatic rings. The number of hydrogen-bond acceptors (Lipinski definition) is 6. The molecule has 1 saturated heterocycles. The number of sulfonamides is 1. The van der Waals surface area contributed by atoms with Crippen molar-refractivity contribution in [3.05, 3.63) is 89.1 Å². The molecule has 0 saturated carbocycles. The second-order valence-electron chi connectivity index (χ2n) is 11.1. The molecule has 41 heavy (non-hydrogen) atoms. The third-order valence-electron chi connectivity index (χ3n) is 7.79. The number of nitrogens with one attached hydrogen (secondary N) is 3. The number of nitrogens with zero attached hydrogens (tertiary/aromatic N) is 1. The van der Waals surface area contributed by atoms with E-state index in [4.69, 9.17) is 9.31 Å². The van der Waals surface area contributed by atoms with E-state index >= 15 is 0 Å². The fourth-order valence-electron chi connectivity index (χ4n) is 4.64. The summed E-state index contributed by atoms with van der Waals surface area (Å²) < 4.78 is 40.9. The first-order valence-corrected chi connectivity index (χ1v) is 14.7. The fraction of sp³-hybridized carbons (Fsp3) is 0.267. The van der Waals surface area contributed by atoms with E-state index in [1.54, 1.807) is 42.6 Å². The lowest BCUT2D eigenvalue weighted by Crippen LogP contribution is -2.41. The minimum absolute atomic E-state index is 0.0756. The summed E-state index contributed by atoms with van der Waals surface area (Å²) in [5.74, 6) is -0.255. The van der Waals surface area contributed by atoms with Crippen LogP contribution in [0.4, 0.5) is 5.69 Å². The molecule has 1 aromatic heterocycles. The molecule has 0 aliphatic carbocycles. The molecule has 0 atom stereocenters. The van der Waals surface area contributed by atoms with Gasteiger partial charge in [-0.15, -0.1) is 0 Å². The molecule has 3 aromatic carbocycles. The van der Waals surface area contributed by atoms with Crippen LogP contribution >= 0.6 is 0 Å². The van der Waals surface area contributed by atoms with Crippen molar-refractivity contribution in [2.75, 3.05) is 4.72 Å². The molecular formula is C30H31BN4O5S. The van der Waals surface area contributed by atoms with Gasteiger partial charge in [0.2, 0.25) is 0 Å². The van der Waals surface area contributed by atoms with Crippen LogP contribution in [0.3, 0.4) is 0 Å². The summed E-state index contributed by atoms with van der Waals surface area (Å²) in [6.07, 6.45) is 1.56. The summed E-state index contributed by atoms with van der Waals surface area (Å²) in [5, 5.41) is 12.9. The molecule has 0 radical (unpaired) electrons. The molecule has 2 heterocycles. The number of fused-ring (bicyclic) bond motifs is 1. The molecule has 1 aliphatic rings. The van der Waals surface area contributed by atoms with Crippen LogP contribution in [0.15, 0.2) is 71.8 Å². The summed E-state index contributed by atoms with van der Waals surface area (Å²) in [7, 11) is -4.40. The molecule has 0 spiro atoms. The van der Waals surface area contributed by atoms with E-state index < -0.39 is 28.3 Å². The summed E-state index contributed by atoms with van der Waals surface area (Å²) in [6, 6.07) is 18.9. The zero-order valence-corrected chi connectivity index (χ0v) is 24.3. The van der Waals surface area contributed by atoms with Gasteiger partial charge >= 0.3 is 7.12 Å². The SMILES string of the molecule is Cc1ccc(NS(=O)(=O)c2ccc(CNC(=O)c3ccc(B4OC(C)(C)C(C)(C)O4)cc3)cc2)c2[nH]cc(C#N)c12. The van der Waals surface area contributed by atoms with Gasteiger partial charge in [-0.25, -0.2) is 8.42 Å². The van der Waals surface area contributed by atoms with Crippen molar-refractivity contribution in [1.82, 2.24) is 10.3 Å². The second-order valence-corrected chi connectivity index (χ2v) is 12.8. The summed E-state index contributed by atoms with van der Waals surface area (Å²) in [4.78, 5) is 15.8. The Balaban J connectivity index is 1.21. The van der Waals surface area contributed by atoms with Gasteiger partial charge in [0.25, 0.3) is 15.9 Å². The predicted octanol–water partition coefficient (Wildman–Crippen LogP) is 4.38. The van der Waals surface area contributed by atoms with Gasteiger partial charge in [-0.05, 0) is 81.5 Å². The van der Waals surface area contributed by atoms with Crippen molar-refractivity contribution >= 4 is 45.1 Å². The molecule has 11 heteroatoms. The lowest BCUT2D eigenvalue weighted by atomic mass is 9.79. The van der Waals surface area contributed by atoms with Crippen LogP contribution < -0.4 is 15.5 Å². The Morgan fingerprint density at radius 1 is 0.976 bits per heavy atom. The predicted molar refractivity (Wildman–Crippen MR) is 158 cm³/mol. The number of aryl methyl sites for hydroxylation is 1. The smallest absolute Gasteiger partial charge is 0.399 e. The van der Waals surface area contributed by atoms with Crippen molar-refractivity contribution in [2.24, 2.45) is 0 Å². The molecule has 1 aliphatic heterocycles. The van der Waals surface area contributed by atoms with Gasteiger partial charge in [-0.1, -0.05) is 30.3 Å². The van der Waals surface area contributed by atoms with Gasteiger partial charge in [0.1, 0.15) is 6.07 Å². The van der Waals surface area contributed by atoms with E-state index in [1.165, 1.54) is 12.1 Å². The lowest BCUT2D eigenvalue weighted by molar-refractivity contribution is 0.00578. The summed E-state index contributed by atoms with van der Waals surface area (Å²) >= 11 is 0. The Labute approximate surface area is 240 Å². The van der Waals surface area contributed by atoms with E-state index in [-0.39, 0.29) is 17.3 Å². The number of anilines is 1. The van der Waals surface area contributed by atoms with Crippen molar-refractivity contribution in [3.63, 3.8) is 0 Å². The zero-order chi connectivity index (χ0) is 29.6. The minimum Gasteiger partial charge on any atom is -0.399 e. The highest BCUT2D eigenvalue weighted by Gasteiger charge is 2.51. The molecule has 210 valence electrons. The van der Waals surface area contributed by atoms with Crippen molar-refractivity contribution < 1.29 is 22.5 Å². The van der Waals surface area contributed by atoms with Crippen LogP contribution in [0.2, 0.25) is 0 Å². The number of amides is 1. The Morgan fingerprint density at radius 3 is 2.22 bits per heavy atom. The average Bonchev–Trinajstić information content (AvgIpc) is 3.47. The van der Waals surface area contributed by atoms with Crippen LogP contribution in [0.25, 0.3) is 10.9 Å². The van der Waals surface area contributed by atoms with Gasteiger partial charge in [0, 0.05) is 23.7 Å². The normalized spacial score (nSPS) is 16.0. The number of nitriles is 1. The van der Waals surface area contributed by atoms with Crippen LogP contribution in [0.1, 0.15) is 54.7 Å². The highest BCUT2D eigenvalue weighted by Crippen LogP contribution is 2.36. The molecule has 9 nitrogen and oxygen atoms in total. The molecule has 1 amide bonds. The summed E-state index contributed by atoms with van der Waals surface area (Å²) in [5.41, 5.74) is 3.39. The third-order valence-corrected chi connectivity index (χ3v) is 9.18. The number of carbonyl (C=O) groups is 1. The monoisotopic (exact) mass is 570 g/mol. The molecule has 0 unspecified atom stereocenters. The Kier molecular flexibility index (Phi) is 7.20. The number of rotatable bonds is 7. The third kappa shape index (κ3) is 5.46. The van der Waals surface area contributed by atoms with E-state index in [0.29, 0.717) is 27.7 Å². The Bertz CT molecular complexity index is 1760. The number of carbonyl (C=O) groups excluding carboxylic acids is 1. The molecule has 5 rings (SSSR count). The second kappa shape index (κ2) is 10.4. The maximum atomic E-state index is 13.1. The standard InChI is InChI=1S/C30H31BN4O5S/c1-19-6-15-25(27-26(19)22(16-32)18-33-27)35-41(37,38)24-13-7-20(8-14-24)17-34-28(36)21-9-11-23(12-10-21)31-39-29(2,3)30(4,5)40-31/h6-15,18,33,35H,17H2,1-5H3,(H,34,36). The maximum Gasteiger partial charge on any atom is 0.494 e. The first-order chi connectivity index (χ1) is 19.3. The first-order valence-electron chi connectivity index (χ1n) is 13.2. The Morgan fingerprint density at radius 2 is 1.61 bits per heavy atom. The maximum absolute atomic E-state index is 13.1. The number of benzene rings is 3. The fourth-order valence-corrected chi connectivity index (χ4v) is 5.71. The van der Waals surface area contributed by atoms with Crippen LogP contribution in [0, 0.1) is 18.3 Å². The first kappa shape index (κ1) is 28.4. The van der Waals surface area contributed by atoms with E-state index in [0.717, 1.165) is 16.6 Å². The topological polar surface area (TPSA) is 133 Å². The van der Waals surface area contributed by atoms with Crippen LogP contribution in [-0.2, 0) is 25.9 Å². The Hall–Kier alpha value is -4.11. The highest BCUT2D eigenvalue weighted by atomic mass is 32.2. The molecule has 1 fully saturated rings. The zero-order valence-electron chi connectivity index (χ0n) is 23.5. The van der Waals surface area contributed by atoms with Crippen molar-refractivity contribution in [1.29, 1.82) is 5.26 Å². The number of aromatic nitrogens is 1. The van der Waals surface area contributed by atoms with E-state index in [9.17, 15) is 18.5 Å². The average molecular weight is 570 g/mol. The number of aromatic amines is 1. The van der Waals surface area contributed by atoms with Gasteiger partial charge < -0.3 is 19.6 Å². The van der Waals surface area contributed by atoms with Crippen LogP contribution in [-0.4, -0.2) is 37.6 Å². The summed E-state index contributed by atoms with van der Waals surface area (Å²) in [6.45, 7) is 10.1. The van der Waals surface area contributed by atoms with Gasteiger partial charge in [-0.2, -0.15) is 5.26 Å². The highest BCUT2D eigenvalue weighted by molar-refractivity contribution is 7.92. The van der Waals surface area contributed by atoms with E-state index in [2.05, 4.69) is 21.1 Å². The van der Waals surface area contributed by atoms with Crippen LogP contribution in [0.5, 0.6) is 0 Å². The van der Waals surface area contributed by atoms with Gasteiger partial charge in [0.05, 0.1) is 32.9 Å². The molecule has 3 N–H and O–H groups in total. The quantitative estimate of drug-likeness (QED) is 0.283. The van der Waals surface area contributed by atoms with Crippen molar-refractivity contribution in [2.45, 2.75) is 57.3 Å². The minimum atomic E-state index is -3.89. The largest absolute Gasteiger partial charge is 0.494 e.